The largest absolute Gasteiger partial charge is 0.497 e. The van der Waals surface area contributed by atoms with E-state index in [1.165, 1.54) is 5.56 Å². The number of halogens is 1. The van der Waals surface area contributed by atoms with Gasteiger partial charge in [0, 0.05) is 41.6 Å². The van der Waals surface area contributed by atoms with Crippen LogP contribution in [0, 0.1) is 0 Å². The summed E-state index contributed by atoms with van der Waals surface area (Å²) >= 11 is 3.50. The van der Waals surface area contributed by atoms with Crippen LogP contribution in [0.1, 0.15) is 67.6 Å². The van der Waals surface area contributed by atoms with Crippen molar-refractivity contribution in [2.24, 2.45) is 0 Å². The van der Waals surface area contributed by atoms with Gasteiger partial charge in [-0.25, -0.2) is 0 Å². The van der Waals surface area contributed by atoms with Gasteiger partial charge in [-0.05, 0) is 60.9 Å². The second-order valence-corrected chi connectivity index (χ2v) is 10.5. The van der Waals surface area contributed by atoms with Gasteiger partial charge in [0.05, 0.1) is 13.7 Å². The Morgan fingerprint density at radius 1 is 0.895 bits per heavy atom. The van der Waals surface area contributed by atoms with E-state index in [1.807, 2.05) is 35.2 Å². The predicted molar refractivity (Wildman–Crippen MR) is 156 cm³/mol. The van der Waals surface area contributed by atoms with Crippen molar-refractivity contribution in [2.45, 2.75) is 59.0 Å². The van der Waals surface area contributed by atoms with Crippen molar-refractivity contribution in [2.75, 3.05) is 26.7 Å². The van der Waals surface area contributed by atoms with Gasteiger partial charge in [0.1, 0.15) is 12.3 Å². The molecule has 1 aromatic heterocycles. The summed E-state index contributed by atoms with van der Waals surface area (Å²) < 4.78 is 8.56. The molecule has 0 bridgehead atoms. The fraction of sp³-hybridized carbons (Fsp3) is 0.419. The molecule has 0 saturated carbocycles. The molecule has 1 heterocycles. The highest BCUT2D eigenvalue weighted by Crippen LogP contribution is 2.17. The molecule has 0 unspecified atom stereocenters. The van der Waals surface area contributed by atoms with Gasteiger partial charge in [-0.1, -0.05) is 67.2 Å². The van der Waals surface area contributed by atoms with E-state index >= 15 is 0 Å². The van der Waals surface area contributed by atoms with Crippen LogP contribution in [0.4, 0.5) is 0 Å². The summed E-state index contributed by atoms with van der Waals surface area (Å²) in [7, 11) is 1.59. The molecule has 0 aliphatic rings. The minimum atomic E-state index is -0.137. The number of benzene rings is 2. The molecule has 7 heteroatoms. The number of methoxy groups -OCH3 is 1. The average Bonchev–Trinajstić information content (AvgIpc) is 3.37. The second-order valence-electron chi connectivity index (χ2n) is 9.59. The Bertz CT molecular complexity index is 1160. The number of hydrogen-bond donors (Lipinski definition) is 0. The van der Waals surface area contributed by atoms with Crippen LogP contribution in [-0.4, -0.2) is 52.9 Å². The fourth-order valence-electron chi connectivity index (χ4n) is 4.38. The summed E-state index contributed by atoms with van der Waals surface area (Å²) in [6, 6.07) is 19.5. The quantitative estimate of drug-likeness (QED) is 0.186. The molecule has 0 aliphatic carbocycles. The number of amides is 2. The minimum absolute atomic E-state index is 0.0254. The van der Waals surface area contributed by atoms with E-state index < -0.39 is 0 Å². The molecule has 6 nitrogen and oxygen atoms in total. The number of rotatable bonds is 15. The molecule has 3 aromatic rings. The minimum Gasteiger partial charge on any atom is -0.497 e. The van der Waals surface area contributed by atoms with Gasteiger partial charge >= 0.3 is 0 Å². The molecular formula is C31H40BrN3O3. The van der Waals surface area contributed by atoms with Crippen molar-refractivity contribution in [3.05, 3.63) is 88.2 Å². The molecule has 0 spiro atoms. The SMILES string of the molecule is CCCCCN(CC(=O)N(CCCC)Cc1cccn1Cc1ccc(Br)cc1)C(=O)c1cccc(OC)c1. The third-order valence-corrected chi connectivity index (χ3v) is 7.17. The van der Waals surface area contributed by atoms with Crippen LogP contribution in [0.3, 0.4) is 0 Å². The first-order valence-corrected chi connectivity index (χ1v) is 14.3. The van der Waals surface area contributed by atoms with E-state index in [-0.39, 0.29) is 18.4 Å². The second kappa shape index (κ2) is 15.4. The molecule has 0 atom stereocenters. The number of aromatic nitrogens is 1. The molecule has 0 fully saturated rings. The lowest BCUT2D eigenvalue weighted by molar-refractivity contribution is -0.132. The lowest BCUT2D eigenvalue weighted by Crippen LogP contribution is -2.43. The molecule has 2 amide bonds. The standard InChI is InChI=1S/C31H40BrN3O3/c1-4-6-8-19-35(31(37)26-11-9-13-29(21-26)38-3)24-30(36)34(18-7-5-2)23-28-12-10-20-33(28)22-25-14-16-27(32)17-15-25/h9-17,20-21H,4-8,18-19,22-24H2,1-3H3. The van der Waals surface area contributed by atoms with Gasteiger partial charge < -0.3 is 19.1 Å². The molecule has 0 saturated heterocycles. The highest BCUT2D eigenvalue weighted by molar-refractivity contribution is 9.10. The number of carbonyl (C=O) groups excluding carboxylic acids is 2. The van der Waals surface area contributed by atoms with Crippen molar-refractivity contribution in [1.82, 2.24) is 14.4 Å². The summed E-state index contributed by atoms with van der Waals surface area (Å²) in [4.78, 5) is 30.8. The number of ether oxygens (including phenoxy) is 1. The lowest BCUT2D eigenvalue weighted by Gasteiger charge is -2.28. The molecular weight excluding hydrogens is 542 g/mol. The Hall–Kier alpha value is -3.06. The van der Waals surface area contributed by atoms with Crippen LogP contribution in [0.5, 0.6) is 5.75 Å². The monoisotopic (exact) mass is 581 g/mol. The zero-order chi connectivity index (χ0) is 27.3. The highest BCUT2D eigenvalue weighted by atomic mass is 79.9. The van der Waals surface area contributed by atoms with E-state index in [0.29, 0.717) is 30.9 Å². The summed E-state index contributed by atoms with van der Waals surface area (Å²) in [5.41, 5.74) is 2.81. The number of carbonyl (C=O) groups is 2. The van der Waals surface area contributed by atoms with Gasteiger partial charge in [0.15, 0.2) is 0 Å². The van der Waals surface area contributed by atoms with Gasteiger partial charge in [-0.2, -0.15) is 0 Å². The van der Waals surface area contributed by atoms with Crippen LogP contribution in [0.15, 0.2) is 71.3 Å². The van der Waals surface area contributed by atoms with Crippen molar-refractivity contribution < 1.29 is 14.3 Å². The highest BCUT2D eigenvalue weighted by Gasteiger charge is 2.23. The van der Waals surface area contributed by atoms with E-state index in [2.05, 4.69) is 58.7 Å². The molecule has 0 aliphatic heterocycles. The van der Waals surface area contributed by atoms with Gasteiger partial charge in [-0.3, -0.25) is 9.59 Å². The van der Waals surface area contributed by atoms with Gasteiger partial charge in [-0.15, -0.1) is 0 Å². The Balaban J connectivity index is 1.77. The maximum absolute atomic E-state index is 13.7. The van der Waals surface area contributed by atoms with Crippen LogP contribution in [0.25, 0.3) is 0 Å². The summed E-state index contributed by atoms with van der Waals surface area (Å²) in [5.74, 6) is 0.469. The molecule has 38 heavy (non-hydrogen) atoms. The molecule has 2 aromatic carbocycles. The molecule has 3 rings (SSSR count). The first kappa shape index (κ1) is 29.5. The summed E-state index contributed by atoms with van der Waals surface area (Å²) in [5, 5.41) is 0. The Kier molecular flexibility index (Phi) is 11.9. The van der Waals surface area contributed by atoms with Crippen molar-refractivity contribution in [3.8, 4) is 5.75 Å². The van der Waals surface area contributed by atoms with Crippen LogP contribution in [-0.2, 0) is 17.9 Å². The van der Waals surface area contributed by atoms with Crippen LogP contribution in [0.2, 0.25) is 0 Å². The zero-order valence-electron chi connectivity index (χ0n) is 22.9. The summed E-state index contributed by atoms with van der Waals surface area (Å²) in [6.07, 6.45) is 6.89. The van der Waals surface area contributed by atoms with Crippen molar-refractivity contribution >= 4 is 27.7 Å². The van der Waals surface area contributed by atoms with E-state index in [4.69, 9.17) is 4.74 Å². The summed E-state index contributed by atoms with van der Waals surface area (Å²) in [6.45, 7) is 6.79. The van der Waals surface area contributed by atoms with Crippen molar-refractivity contribution in [1.29, 1.82) is 0 Å². The zero-order valence-corrected chi connectivity index (χ0v) is 24.5. The first-order valence-electron chi connectivity index (χ1n) is 13.5. The molecule has 204 valence electrons. The maximum atomic E-state index is 13.7. The topological polar surface area (TPSA) is 54.8 Å². The van der Waals surface area contributed by atoms with E-state index in [1.54, 1.807) is 24.1 Å². The molecule has 0 N–H and O–H groups in total. The number of unbranched alkanes of at least 4 members (excludes halogenated alkanes) is 3. The Morgan fingerprint density at radius 3 is 2.34 bits per heavy atom. The third-order valence-electron chi connectivity index (χ3n) is 6.64. The van der Waals surface area contributed by atoms with Gasteiger partial charge in [0.25, 0.3) is 5.91 Å². The number of hydrogen-bond acceptors (Lipinski definition) is 3. The maximum Gasteiger partial charge on any atom is 0.254 e. The average molecular weight is 583 g/mol. The first-order chi connectivity index (χ1) is 18.4. The van der Waals surface area contributed by atoms with Crippen molar-refractivity contribution in [3.63, 3.8) is 0 Å². The number of nitrogens with zero attached hydrogens (tertiary/aromatic N) is 3. The Morgan fingerprint density at radius 2 is 1.63 bits per heavy atom. The van der Waals surface area contributed by atoms with Gasteiger partial charge in [0.2, 0.25) is 5.91 Å². The smallest absolute Gasteiger partial charge is 0.254 e. The van der Waals surface area contributed by atoms with Crippen LogP contribution < -0.4 is 4.74 Å². The van der Waals surface area contributed by atoms with E-state index in [9.17, 15) is 9.59 Å². The molecule has 0 radical (unpaired) electrons. The van der Waals surface area contributed by atoms with Crippen LogP contribution >= 0.6 is 15.9 Å². The Labute approximate surface area is 235 Å². The normalized spacial score (nSPS) is 10.8. The van der Waals surface area contributed by atoms with E-state index in [0.717, 1.165) is 48.8 Å². The third kappa shape index (κ3) is 8.76. The predicted octanol–water partition coefficient (Wildman–Crippen LogP) is 6.77. The lowest BCUT2D eigenvalue weighted by atomic mass is 10.1. The fourth-order valence-corrected chi connectivity index (χ4v) is 4.64.